The van der Waals surface area contributed by atoms with Gasteiger partial charge in [0.1, 0.15) is 6.04 Å². The summed E-state index contributed by atoms with van der Waals surface area (Å²) < 4.78 is 6.49. The highest BCUT2D eigenvalue weighted by Gasteiger charge is 2.20. The van der Waals surface area contributed by atoms with Gasteiger partial charge in [-0.25, -0.2) is 0 Å². The number of carbonyl (C=O) groups is 1. The van der Waals surface area contributed by atoms with Gasteiger partial charge in [-0.3, -0.25) is 9.48 Å². The van der Waals surface area contributed by atoms with E-state index in [2.05, 4.69) is 5.10 Å². The average Bonchev–Trinajstić information content (AvgIpc) is 2.63. The molecule has 6 nitrogen and oxygen atoms in total. The fraction of sp³-hybridized carbons (Fsp3) is 0.500. The summed E-state index contributed by atoms with van der Waals surface area (Å²) >= 11 is 0. The van der Waals surface area contributed by atoms with Crippen molar-refractivity contribution in [2.45, 2.75) is 19.0 Å². The zero-order valence-electron chi connectivity index (χ0n) is 8.18. The zero-order chi connectivity index (χ0) is 10.7. The van der Waals surface area contributed by atoms with Crippen molar-refractivity contribution in [3.8, 4) is 5.75 Å². The maximum atomic E-state index is 10.8. The Morgan fingerprint density at radius 3 is 2.79 bits per heavy atom. The number of nitrogens with two attached hydrogens (primary N) is 2. The normalized spacial score (nSPS) is 14.8. The molecule has 0 saturated heterocycles. The standard InChI is InChI=1S/C8H14N4O2/c1-5(7(9)8(10)13)12-4-6(14-2)3-11-12/h3-5,7H,9H2,1-2H3,(H2,10,13). The average molecular weight is 198 g/mol. The van der Waals surface area contributed by atoms with Crippen LogP contribution >= 0.6 is 0 Å². The third-order valence-electron chi connectivity index (χ3n) is 2.08. The first-order valence-electron chi connectivity index (χ1n) is 4.19. The fourth-order valence-electron chi connectivity index (χ4n) is 1.05. The van der Waals surface area contributed by atoms with Gasteiger partial charge in [0.25, 0.3) is 0 Å². The lowest BCUT2D eigenvalue weighted by Crippen LogP contribution is -2.42. The smallest absolute Gasteiger partial charge is 0.236 e. The number of nitrogens with zero attached hydrogens (tertiary/aromatic N) is 2. The highest BCUT2D eigenvalue weighted by Crippen LogP contribution is 2.13. The van der Waals surface area contributed by atoms with Crippen molar-refractivity contribution in [3.63, 3.8) is 0 Å². The third-order valence-corrected chi connectivity index (χ3v) is 2.08. The number of aromatic nitrogens is 2. The molecule has 1 rings (SSSR count). The van der Waals surface area contributed by atoms with Crippen molar-refractivity contribution < 1.29 is 9.53 Å². The van der Waals surface area contributed by atoms with Crippen LogP contribution in [0.5, 0.6) is 5.75 Å². The maximum Gasteiger partial charge on any atom is 0.236 e. The van der Waals surface area contributed by atoms with Gasteiger partial charge in [-0.05, 0) is 6.92 Å². The summed E-state index contributed by atoms with van der Waals surface area (Å²) in [5.74, 6) is 0.0699. The lowest BCUT2D eigenvalue weighted by atomic mass is 10.1. The highest BCUT2D eigenvalue weighted by molar-refractivity contribution is 5.80. The van der Waals surface area contributed by atoms with Crippen LogP contribution in [0.4, 0.5) is 0 Å². The summed E-state index contributed by atoms with van der Waals surface area (Å²) in [4.78, 5) is 10.8. The molecule has 0 aromatic carbocycles. The maximum absolute atomic E-state index is 10.8. The number of rotatable bonds is 4. The molecule has 1 heterocycles. The molecule has 0 aliphatic heterocycles. The summed E-state index contributed by atoms with van der Waals surface area (Å²) in [7, 11) is 1.54. The van der Waals surface area contributed by atoms with Crippen molar-refractivity contribution in [3.05, 3.63) is 12.4 Å². The van der Waals surface area contributed by atoms with E-state index in [-0.39, 0.29) is 6.04 Å². The van der Waals surface area contributed by atoms with Gasteiger partial charge in [0.05, 0.1) is 25.5 Å². The first kappa shape index (κ1) is 10.5. The lowest BCUT2D eigenvalue weighted by Gasteiger charge is -2.16. The van der Waals surface area contributed by atoms with Gasteiger partial charge in [-0.2, -0.15) is 5.10 Å². The summed E-state index contributed by atoms with van der Waals surface area (Å²) in [6, 6.07) is -1.03. The van der Waals surface area contributed by atoms with E-state index in [9.17, 15) is 4.79 Å². The number of hydrogen-bond donors (Lipinski definition) is 2. The van der Waals surface area contributed by atoms with Crippen molar-refractivity contribution in [2.24, 2.45) is 11.5 Å². The minimum atomic E-state index is -0.750. The van der Waals surface area contributed by atoms with E-state index in [0.29, 0.717) is 5.75 Å². The van der Waals surface area contributed by atoms with Crippen LogP contribution in [0.1, 0.15) is 13.0 Å². The molecular weight excluding hydrogens is 184 g/mol. The SMILES string of the molecule is COc1cnn(C(C)C(N)C(N)=O)c1. The molecule has 1 amide bonds. The molecule has 0 spiro atoms. The van der Waals surface area contributed by atoms with E-state index in [1.54, 1.807) is 31.1 Å². The Labute approximate surface area is 81.8 Å². The topological polar surface area (TPSA) is 96.2 Å². The molecule has 6 heteroatoms. The van der Waals surface area contributed by atoms with E-state index in [1.807, 2.05) is 0 Å². The molecule has 0 aliphatic rings. The van der Waals surface area contributed by atoms with Crippen molar-refractivity contribution in [2.75, 3.05) is 7.11 Å². The van der Waals surface area contributed by atoms with Crippen LogP contribution in [0, 0.1) is 0 Å². The van der Waals surface area contributed by atoms with E-state index in [4.69, 9.17) is 16.2 Å². The molecule has 2 unspecified atom stereocenters. The van der Waals surface area contributed by atoms with Crippen molar-refractivity contribution >= 4 is 5.91 Å². The molecule has 0 bridgehead atoms. The second-order valence-electron chi connectivity index (χ2n) is 3.03. The first-order chi connectivity index (χ1) is 6.56. The quantitative estimate of drug-likeness (QED) is 0.666. The predicted octanol–water partition coefficient (Wildman–Crippen LogP) is -0.735. The van der Waals surface area contributed by atoms with E-state index in [0.717, 1.165) is 0 Å². The van der Waals surface area contributed by atoms with Crippen LogP contribution in [0.15, 0.2) is 12.4 Å². The van der Waals surface area contributed by atoms with Gasteiger partial charge in [0.2, 0.25) is 5.91 Å². The van der Waals surface area contributed by atoms with Gasteiger partial charge < -0.3 is 16.2 Å². The van der Waals surface area contributed by atoms with E-state index in [1.165, 1.54) is 0 Å². The number of amides is 1. The summed E-state index contributed by atoms with van der Waals surface area (Å²) in [5.41, 5.74) is 10.6. The van der Waals surface area contributed by atoms with Crippen LogP contribution in [0.2, 0.25) is 0 Å². The number of methoxy groups -OCH3 is 1. The van der Waals surface area contributed by atoms with Crippen molar-refractivity contribution in [1.29, 1.82) is 0 Å². The second kappa shape index (κ2) is 4.10. The van der Waals surface area contributed by atoms with Crippen LogP contribution in [-0.2, 0) is 4.79 Å². The summed E-state index contributed by atoms with van der Waals surface area (Å²) in [6.45, 7) is 1.77. The Morgan fingerprint density at radius 2 is 2.36 bits per heavy atom. The molecular formula is C8H14N4O2. The number of carbonyl (C=O) groups excluding carboxylic acids is 1. The number of ether oxygens (including phenoxy) is 1. The molecule has 1 aromatic heterocycles. The Bertz CT molecular complexity index is 323. The Morgan fingerprint density at radius 1 is 1.71 bits per heavy atom. The molecule has 4 N–H and O–H groups in total. The number of primary amides is 1. The molecule has 0 fully saturated rings. The molecule has 0 aliphatic carbocycles. The third kappa shape index (κ3) is 2.02. The highest BCUT2D eigenvalue weighted by atomic mass is 16.5. The molecule has 14 heavy (non-hydrogen) atoms. The minimum absolute atomic E-state index is 0.281. The fourth-order valence-corrected chi connectivity index (χ4v) is 1.05. The van der Waals surface area contributed by atoms with Gasteiger partial charge >= 0.3 is 0 Å². The Hall–Kier alpha value is -1.56. The second-order valence-corrected chi connectivity index (χ2v) is 3.03. The van der Waals surface area contributed by atoms with Gasteiger partial charge in [0.15, 0.2) is 5.75 Å². The molecule has 78 valence electrons. The van der Waals surface area contributed by atoms with E-state index >= 15 is 0 Å². The summed E-state index contributed by atoms with van der Waals surface area (Å²) in [6.07, 6.45) is 3.21. The molecule has 0 radical (unpaired) electrons. The predicted molar refractivity (Wildman–Crippen MR) is 50.7 cm³/mol. The summed E-state index contributed by atoms with van der Waals surface area (Å²) in [5, 5.41) is 3.99. The van der Waals surface area contributed by atoms with Crippen LogP contribution < -0.4 is 16.2 Å². The minimum Gasteiger partial charge on any atom is -0.493 e. The largest absolute Gasteiger partial charge is 0.493 e. The molecule has 1 aromatic rings. The lowest BCUT2D eigenvalue weighted by molar-refractivity contribution is -0.120. The van der Waals surface area contributed by atoms with Gasteiger partial charge in [0, 0.05) is 0 Å². The van der Waals surface area contributed by atoms with Crippen LogP contribution in [0.3, 0.4) is 0 Å². The van der Waals surface area contributed by atoms with Crippen LogP contribution in [-0.4, -0.2) is 28.8 Å². The Balaban J connectivity index is 2.78. The monoisotopic (exact) mass is 198 g/mol. The first-order valence-corrected chi connectivity index (χ1v) is 4.19. The van der Waals surface area contributed by atoms with Crippen LogP contribution in [0.25, 0.3) is 0 Å². The van der Waals surface area contributed by atoms with Gasteiger partial charge in [-0.1, -0.05) is 0 Å². The molecule has 0 saturated carbocycles. The number of hydrogen-bond acceptors (Lipinski definition) is 4. The molecule has 2 atom stereocenters. The van der Waals surface area contributed by atoms with E-state index < -0.39 is 11.9 Å². The van der Waals surface area contributed by atoms with Gasteiger partial charge in [-0.15, -0.1) is 0 Å². The van der Waals surface area contributed by atoms with Crippen molar-refractivity contribution in [1.82, 2.24) is 9.78 Å². The Kier molecular flexibility index (Phi) is 3.08. The zero-order valence-corrected chi connectivity index (χ0v) is 8.18.